The van der Waals surface area contributed by atoms with Crippen LogP contribution in [-0.4, -0.2) is 13.2 Å². The zero-order chi connectivity index (χ0) is 24.0. The quantitative estimate of drug-likeness (QED) is 0.255. The van der Waals surface area contributed by atoms with Crippen molar-refractivity contribution in [3.05, 3.63) is 23.8 Å². The zero-order valence-electron chi connectivity index (χ0n) is 22.7. The molecule has 2 heteroatoms. The minimum absolute atomic E-state index is 0.408. The molecule has 5 rings (SSSR count). The van der Waals surface area contributed by atoms with Crippen molar-refractivity contribution in [2.45, 2.75) is 123 Å². The molecule has 4 aliphatic rings. The van der Waals surface area contributed by atoms with Crippen LogP contribution in [0.25, 0.3) is 0 Å². The van der Waals surface area contributed by atoms with Gasteiger partial charge in [0.2, 0.25) is 0 Å². The van der Waals surface area contributed by atoms with Crippen LogP contribution in [0.4, 0.5) is 0 Å². The van der Waals surface area contributed by atoms with Crippen LogP contribution in [0.5, 0.6) is 11.5 Å². The largest absolute Gasteiger partial charge is 0.489 e. The molecule has 4 aliphatic carbocycles. The summed E-state index contributed by atoms with van der Waals surface area (Å²) in [6, 6.07) is 7.10. The maximum Gasteiger partial charge on any atom is 0.161 e. The summed E-state index contributed by atoms with van der Waals surface area (Å²) in [6.07, 6.45) is 18.8. The predicted octanol–water partition coefficient (Wildman–Crippen LogP) is 9.34. The van der Waals surface area contributed by atoms with Crippen LogP contribution < -0.4 is 9.47 Å². The molecule has 0 aromatic heterocycles. The second kappa shape index (κ2) is 12.2. The minimum Gasteiger partial charge on any atom is -0.489 e. The Morgan fingerprint density at radius 3 is 1.71 bits per heavy atom. The van der Waals surface area contributed by atoms with Crippen LogP contribution in [0, 0.1) is 29.6 Å². The van der Waals surface area contributed by atoms with E-state index in [-0.39, 0.29) is 0 Å². The normalized spacial score (nSPS) is 29.2. The number of rotatable bonds is 15. The van der Waals surface area contributed by atoms with Gasteiger partial charge in [0.1, 0.15) is 0 Å². The molecular weight excluding hydrogens is 416 g/mol. The molecule has 0 N–H and O–H groups in total. The maximum absolute atomic E-state index is 6.61. The smallest absolute Gasteiger partial charge is 0.161 e. The molecule has 0 spiro atoms. The number of hydrogen-bond donors (Lipinski definition) is 0. The maximum atomic E-state index is 6.61. The van der Waals surface area contributed by atoms with E-state index in [1.807, 2.05) is 0 Å². The summed E-state index contributed by atoms with van der Waals surface area (Å²) in [6.45, 7) is 10.8. The van der Waals surface area contributed by atoms with Gasteiger partial charge in [-0.15, -0.1) is 0 Å². The van der Waals surface area contributed by atoms with Crippen molar-refractivity contribution in [3.8, 4) is 11.5 Å². The lowest BCUT2D eigenvalue weighted by Gasteiger charge is -2.57. The Kier molecular flexibility index (Phi) is 9.28. The Bertz CT molecular complexity index is 718. The van der Waals surface area contributed by atoms with Gasteiger partial charge in [-0.25, -0.2) is 0 Å². The van der Waals surface area contributed by atoms with Crippen LogP contribution in [0.3, 0.4) is 0 Å². The molecule has 2 unspecified atom stereocenters. The first-order valence-electron chi connectivity index (χ1n) is 15.0. The number of hydrogen-bond acceptors (Lipinski definition) is 2. The van der Waals surface area contributed by atoms with Gasteiger partial charge in [-0.3, -0.25) is 0 Å². The van der Waals surface area contributed by atoms with E-state index in [9.17, 15) is 0 Å². The Morgan fingerprint density at radius 1 is 0.735 bits per heavy atom. The minimum atomic E-state index is 0.408. The highest BCUT2D eigenvalue weighted by Crippen LogP contribution is 2.61. The van der Waals surface area contributed by atoms with Crippen molar-refractivity contribution >= 4 is 0 Å². The van der Waals surface area contributed by atoms with E-state index >= 15 is 0 Å². The average Bonchev–Trinajstić information content (AvgIpc) is 2.84. The second-order valence-corrected chi connectivity index (χ2v) is 12.3. The Morgan fingerprint density at radius 2 is 1.24 bits per heavy atom. The Balaban J connectivity index is 1.52. The third kappa shape index (κ3) is 6.14. The molecule has 4 fully saturated rings. The molecule has 192 valence electrons. The van der Waals surface area contributed by atoms with E-state index in [0.717, 1.165) is 42.5 Å². The van der Waals surface area contributed by atoms with Gasteiger partial charge in [0.25, 0.3) is 0 Å². The summed E-state index contributed by atoms with van der Waals surface area (Å²) in [7, 11) is 0. The van der Waals surface area contributed by atoms with Crippen molar-refractivity contribution in [1.29, 1.82) is 0 Å². The first-order chi connectivity index (χ1) is 16.6. The molecule has 0 heterocycles. The van der Waals surface area contributed by atoms with E-state index in [0.29, 0.717) is 17.3 Å². The predicted molar refractivity (Wildman–Crippen MR) is 144 cm³/mol. The van der Waals surface area contributed by atoms with Crippen molar-refractivity contribution < 1.29 is 9.47 Å². The lowest BCUT2D eigenvalue weighted by Crippen LogP contribution is -2.48. The van der Waals surface area contributed by atoms with Crippen LogP contribution in [0.2, 0.25) is 0 Å². The first-order valence-corrected chi connectivity index (χ1v) is 15.0. The van der Waals surface area contributed by atoms with Crippen LogP contribution in [-0.2, 0) is 5.41 Å². The third-order valence-electron chi connectivity index (χ3n) is 9.63. The number of benzene rings is 1. The summed E-state index contributed by atoms with van der Waals surface area (Å²) < 4.78 is 13.1. The lowest BCUT2D eigenvalue weighted by molar-refractivity contribution is -0.00533. The molecular formula is C32H52O2. The first kappa shape index (κ1) is 25.9. The number of ether oxygens (including phenoxy) is 2. The second-order valence-electron chi connectivity index (χ2n) is 12.3. The Hall–Kier alpha value is -1.18. The monoisotopic (exact) mass is 468 g/mol. The molecule has 1 aromatic carbocycles. The molecule has 0 amide bonds. The summed E-state index contributed by atoms with van der Waals surface area (Å²) in [5.41, 5.74) is 1.96. The van der Waals surface area contributed by atoms with Gasteiger partial charge in [0.15, 0.2) is 11.5 Å². The summed E-state index contributed by atoms with van der Waals surface area (Å²) in [5, 5.41) is 0. The standard InChI is InChI=1S/C32H52O2/c1-5-9-11-24(7-3)22-33-30-14-13-29(18-31(30)34-23-25(8-4)12-10-6-2)32-19-26-15-27(20-32)17-28(16-26)21-32/h13-14,18,24-28H,5-12,15-17,19-23H2,1-4H3. The average molecular weight is 469 g/mol. The van der Waals surface area contributed by atoms with Gasteiger partial charge in [-0.1, -0.05) is 72.3 Å². The van der Waals surface area contributed by atoms with Gasteiger partial charge < -0.3 is 9.47 Å². The lowest BCUT2D eigenvalue weighted by atomic mass is 9.48. The van der Waals surface area contributed by atoms with Gasteiger partial charge in [-0.2, -0.15) is 0 Å². The molecule has 2 nitrogen and oxygen atoms in total. The SMILES string of the molecule is CCCCC(CC)COc1ccc(C23CC4CC(CC(C4)C2)C3)cc1OCC(CC)CCCC. The van der Waals surface area contributed by atoms with Gasteiger partial charge in [-0.05, 0) is 104 Å². The van der Waals surface area contributed by atoms with E-state index in [1.54, 1.807) is 5.56 Å². The third-order valence-corrected chi connectivity index (χ3v) is 9.63. The highest BCUT2D eigenvalue weighted by molar-refractivity contribution is 5.46. The van der Waals surface area contributed by atoms with Crippen LogP contribution in [0.1, 0.15) is 123 Å². The van der Waals surface area contributed by atoms with E-state index in [4.69, 9.17) is 9.47 Å². The highest BCUT2D eigenvalue weighted by Gasteiger charge is 2.51. The van der Waals surface area contributed by atoms with Crippen LogP contribution in [0.15, 0.2) is 18.2 Å². The fourth-order valence-electron chi connectivity index (χ4n) is 7.75. The van der Waals surface area contributed by atoms with Gasteiger partial charge >= 0.3 is 0 Å². The van der Waals surface area contributed by atoms with Crippen molar-refractivity contribution in [2.75, 3.05) is 13.2 Å². The highest BCUT2D eigenvalue weighted by atomic mass is 16.5. The molecule has 1 aromatic rings. The van der Waals surface area contributed by atoms with Gasteiger partial charge in [0.05, 0.1) is 13.2 Å². The molecule has 2 atom stereocenters. The van der Waals surface area contributed by atoms with Crippen molar-refractivity contribution in [1.82, 2.24) is 0 Å². The molecule has 0 radical (unpaired) electrons. The topological polar surface area (TPSA) is 18.5 Å². The van der Waals surface area contributed by atoms with E-state index in [1.165, 1.54) is 89.9 Å². The molecule has 34 heavy (non-hydrogen) atoms. The number of unbranched alkanes of at least 4 members (excludes halogenated alkanes) is 2. The molecule has 0 aliphatic heterocycles. The fourth-order valence-corrected chi connectivity index (χ4v) is 7.75. The van der Waals surface area contributed by atoms with Crippen molar-refractivity contribution in [2.24, 2.45) is 29.6 Å². The van der Waals surface area contributed by atoms with Crippen molar-refractivity contribution in [3.63, 3.8) is 0 Å². The Labute approximate surface area is 210 Å². The molecule has 4 bridgehead atoms. The molecule has 0 saturated heterocycles. The molecule has 4 saturated carbocycles. The van der Waals surface area contributed by atoms with Crippen LogP contribution >= 0.6 is 0 Å². The fraction of sp³-hybridized carbons (Fsp3) is 0.812. The van der Waals surface area contributed by atoms with E-state index in [2.05, 4.69) is 45.9 Å². The summed E-state index contributed by atoms with van der Waals surface area (Å²) in [4.78, 5) is 0. The zero-order valence-corrected chi connectivity index (χ0v) is 22.7. The summed E-state index contributed by atoms with van der Waals surface area (Å²) in [5.74, 6) is 6.19. The van der Waals surface area contributed by atoms with E-state index < -0.39 is 0 Å². The van der Waals surface area contributed by atoms with Gasteiger partial charge in [0, 0.05) is 0 Å². The summed E-state index contributed by atoms with van der Waals surface area (Å²) >= 11 is 0.